The third-order valence-electron chi connectivity index (χ3n) is 3.09. The summed E-state index contributed by atoms with van der Waals surface area (Å²) in [5, 5.41) is 17.7. The molecule has 0 amide bonds. The van der Waals surface area contributed by atoms with E-state index in [2.05, 4.69) is 30.6 Å². The molecule has 0 radical (unpaired) electrons. The van der Waals surface area contributed by atoms with Gasteiger partial charge in [-0.1, -0.05) is 11.8 Å². The third-order valence-corrected chi connectivity index (χ3v) is 3.09. The van der Waals surface area contributed by atoms with Gasteiger partial charge in [0.25, 0.3) is 0 Å². The highest BCUT2D eigenvalue weighted by molar-refractivity contribution is 5.38. The van der Waals surface area contributed by atoms with Crippen LogP contribution in [0.4, 0.5) is 0 Å². The van der Waals surface area contributed by atoms with Crippen LogP contribution in [0.5, 0.6) is 5.75 Å². The van der Waals surface area contributed by atoms with Gasteiger partial charge < -0.3 is 14.9 Å². The van der Waals surface area contributed by atoms with Crippen molar-refractivity contribution in [3.63, 3.8) is 0 Å². The molecule has 0 aliphatic carbocycles. The largest absolute Gasteiger partial charge is 0.492 e. The Hall–Kier alpha value is -1.54. The molecule has 0 unspecified atom stereocenters. The standard InChI is InChI=1S/C17H25NO3/c1-15(2)18(10-13-20)11-14-21-17-8-6-16(7-9-17)5-3-4-12-19/h6-9,15,19-20H,4,10-14H2,1-2H3. The van der Waals surface area contributed by atoms with Gasteiger partial charge in [-0.05, 0) is 38.1 Å². The molecule has 0 saturated heterocycles. The van der Waals surface area contributed by atoms with Crippen LogP contribution in [-0.2, 0) is 0 Å². The van der Waals surface area contributed by atoms with Crippen LogP contribution in [0.3, 0.4) is 0 Å². The van der Waals surface area contributed by atoms with E-state index in [9.17, 15) is 0 Å². The Labute approximate surface area is 127 Å². The van der Waals surface area contributed by atoms with E-state index in [1.807, 2.05) is 24.3 Å². The fourth-order valence-electron chi connectivity index (χ4n) is 1.89. The van der Waals surface area contributed by atoms with Crippen molar-refractivity contribution in [1.82, 2.24) is 4.90 Å². The molecule has 4 heteroatoms. The van der Waals surface area contributed by atoms with Crippen molar-refractivity contribution >= 4 is 0 Å². The van der Waals surface area contributed by atoms with Crippen LogP contribution in [0.15, 0.2) is 24.3 Å². The van der Waals surface area contributed by atoms with Crippen LogP contribution < -0.4 is 4.74 Å². The molecule has 0 atom stereocenters. The van der Waals surface area contributed by atoms with Gasteiger partial charge in [-0.25, -0.2) is 0 Å². The van der Waals surface area contributed by atoms with Gasteiger partial charge in [-0.3, -0.25) is 4.90 Å². The highest BCUT2D eigenvalue weighted by Gasteiger charge is 2.08. The van der Waals surface area contributed by atoms with Gasteiger partial charge in [0.1, 0.15) is 12.4 Å². The van der Waals surface area contributed by atoms with Gasteiger partial charge in [0, 0.05) is 31.1 Å². The zero-order valence-corrected chi connectivity index (χ0v) is 12.9. The van der Waals surface area contributed by atoms with Crippen LogP contribution in [0.1, 0.15) is 25.8 Å². The maximum atomic E-state index is 9.01. The molecule has 116 valence electrons. The van der Waals surface area contributed by atoms with E-state index < -0.39 is 0 Å². The second kappa shape index (κ2) is 10.2. The summed E-state index contributed by atoms with van der Waals surface area (Å²) in [5.74, 6) is 6.68. The molecule has 0 saturated carbocycles. The van der Waals surface area contributed by atoms with Crippen molar-refractivity contribution in [1.29, 1.82) is 0 Å². The maximum absolute atomic E-state index is 9.01. The minimum Gasteiger partial charge on any atom is -0.492 e. The Kier molecular flexibility index (Phi) is 8.53. The van der Waals surface area contributed by atoms with Crippen molar-refractivity contribution in [2.24, 2.45) is 0 Å². The summed E-state index contributed by atoms with van der Waals surface area (Å²) in [5.41, 5.74) is 0.917. The fourth-order valence-corrected chi connectivity index (χ4v) is 1.89. The number of aliphatic hydroxyl groups is 2. The maximum Gasteiger partial charge on any atom is 0.119 e. The van der Waals surface area contributed by atoms with Gasteiger partial charge in [-0.2, -0.15) is 0 Å². The monoisotopic (exact) mass is 291 g/mol. The first kappa shape index (κ1) is 17.5. The smallest absolute Gasteiger partial charge is 0.119 e. The minimum atomic E-state index is 0.0917. The number of hydrogen-bond acceptors (Lipinski definition) is 4. The average Bonchev–Trinajstić information content (AvgIpc) is 2.48. The second-order valence-corrected chi connectivity index (χ2v) is 5.00. The molecule has 21 heavy (non-hydrogen) atoms. The van der Waals surface area contributed by atoms with Crippen molar-refractivity contribution in [3.8, 4) is 17.6 Å². The van der Waals surface area contributed by atoms with E-state index in [4.69, 9.17) is 14.9 Å². The zero-order chi connectivity index (χ0) is 15.5. The topological polar surface area (TPSA) is 52.9 Å². The number of hydrogen-bond donors (Lipinski definition) is 2. The van der Waals surface area contributed by atoms with Crippen LogP contribution in [0.25, 0.3) is 0 Å². The molecular formula is C17H25NO3. The van der Waals surface area contributed by atoms with Crippen LogP contribution in [-0.4, -0.2) is 54.1 Å². The lowest BCUT2D eigenvalue weighted by atomic mass is 10.2. The highest BCUT2D eigenvalue weighted by atomic mass is 16.5. The predicted molar refractivity (Wildman–Crippen MR) is 84.3 cm³/mol. The summed E-state index contributed by atoms with van der Waals surface area (Å²) < 4.78 is 5.70. The molecule has 1 aromatic carbocycles. The molecule has 0 spiro atoms. The number of rotatable bonds is 8. The molecule has 0 fully saturated rings. The van der Waals surface area contributed by atoms with Crippen molar-refractivity contribution in [3.05, 3.63) is 29.8 Å². The van der Waals surface area contributed by atoms with E-state index in [0.717, 1.165) is 17.9 Å². The Balaban J connectivity index is 2.40. The summed E-state index contributed by atoms with van der Waals surface area (Å²) in [6.07, 6.45) is 0.494. The first-order chi connectivity index (χ1) is 10.2. The summed E-state index contributed by atoms with van der Waals surface area (Å²) in [6.45, 7) is 6.52. The SMILES string of the molecule is CC(C)N(CCO)CCOc1ccc(C#CCCO)cc1. The number of benzene rings is 1. The number of aliphatic hydroxyl groups excluding tert-OH is 2. The van der Waals surface area contributed by atoms with Crippen LogP contribution in [0.2, 0.25) is 0 Å². The summed E-state index contributed by atoms with van der Waals surface area (Å²) in [6, 6.07) is 8.01. The van der Waals surface area contributed by atoms with Crippen molar-refractivity contribution in [2.75, 3.05) is 32.9 Å². The van der Waals surface area contributed by atoms with Gasteiger partial charge in [0.05, 0.1) is 13.2 Å². The van der Waals surface area contributed by atoms with Crippen molar-refractivity contribution < 1.29 is 14.9 Å². The van der Waals surface area contributed by atoms with Crippen LogP contribution in [0, 0.1) is 11.8 Å². The van der Waals surface area contributed by atoms with E-state index >= 15 is 0 Å². The molecule has 1 rings (SSSR count). The zero-order valence-electron chi connectivity index (χ0n) is 12.9. The average molecular weight is 291 g/mol. The van der Waals surface area contributed by atoms with E-state index in [-0.39, 0.29) is 13.2 Å². The quantitative estimate of drug-likeness (QED) is 0.713. The van der Waals surface area contributed by atoms with Gasteiger partial charge in [0.15, 0.2) is 0 Å². The third kappa shape index (κ3) is 7.14. The number of nitrogens with zero attached hydrogens (tertiary/aromatic N) is 1. The van der Waals surface area contributed by atoms with Gasteiger partial charge in [-0.15, -0.1) is 0 Å². The Morgan fingerprint density at radius 1 is 1.10 bits per heavy atom. The van der Waals surface area contributed by atoms with Crippen LogP contribution >= 0.6 is 0 Å². The Bertz CT molecular complexity index is 445. The molecule has 2 N–H and O–H groups in total. The minimum absolute atomic E-state index is 0.0917. The van der Waals surface area contributed by atoms with Gasteiger partial charge >= 0.3 is 0 Å². The molecular weight excluding hydrogens is 266 g/mol. The lowest BCUT2D eigenvalue weighted by molar-refractivity contribution is 0.141. The predicted octanol–water partition coefficient (Wildman–Crippen LogP) is 1.50. The first-order valence-corrected chi connectivity index (χ1v) is 7.35. The lowest BCUT2D eigenvalue weighted by Crippen LogP contribution is -2.36. The second-order valence-electron chi connectivity index (χ2n) is 5.00. The normalized spacial score (nSPS) is 10.6. The Morgan fingerprint density at radius 2 is 1.81 bits per heavy atom. The number of ether oxygens (including phenoxy) is 1. The van der Waals surface area contributed by atoms with Crippen molar-refractivity contribution in [2.45, 2.75) is 26.3 Å². The molecule has 0 aliphatic rings. The fraction of sp³-hybridized carbons (Fsp3) is 0.529. The molecule has 0 heterocycles. The molecule has 0 aliphatic heterocycles. The highest BCUT2D eigenvalue weighted by Crippen LogP contribution is 2.11. The molecule has 0 aromatic heterocycles. The summed E-state index contributed by atoms with van der Waals surface area (Å²) >= 11 is 0. The first-order valence-electron chi connectivity index (χ1n) is 7.35. The van der Waals surface area contributed by atoms with E-state index in [1.165, 1.54) is 0 Å². The molecule has 4 nitrogen and oxygen atoms in total. The molecule has 0 bridgehead atoms. The van der Waals surface area contributed by atoms with E-state index in [1.54, 1.807) is 0 Å². The van der Waals surface area contributed by atoms with E-state index in [0.29, 0.717) is 25.6 Å². The summed E-state index contributed by atoms with van der Waals surface area (Å²) in [4.78, 5) is 2.18. The summed E-state index contributed by atoms with van der Waals surface area (Å²) in [7, 11) is 0. The molecule has 1 aromatic rings. The lowest BCUT2D eigenvalue weighted by Gasteiger charge is -2.25. The van der Waals surface area contributed by atoms with Gasteiger partial charge in [0.2, 0.25) is 0 Å². The Morgan fingerprint density at radius 3 is 2.38 bits per heavy atom.